The second-order valence-electron chi connectivity index (χ2n) is 3.69. The third-order valence-corrected chi connectivity index (χ3v) is 3.48. The summed E-state index contributed by atoms with van der Waals surface area (Å²) in [6.45, 7) is 0. The molecule has 6 heteroatoms. The van der Waals surface area contributed by atoms with Crippen LogP contribution in [0.3, 0.4) is 0 Å². The fourth-order valence-electron chi connectivity index (χ4n) is 1.58. The normalized spacial score (nSPS) is 9.74. The number of aromatic nitrogens is 1. The second kappa shape index (κ2) is 5.50. The third kappa shape index (κ3) is 2.56. The van der Waals surface area contributed by atoms with E-state index in [9.17, 15) is 4.79 Å². The number of carbonyl (C=O) groups is 1. The van der Waals surface area contributed by atoms with E-state index in [1.165, 1.54) is 18.4 Å². The average molecular weight is 273 g/mol. The molecule has 0 unspecified atom stereocenters. The van der Waals surface area contributed by atoms with Crippen LogP contribution in [0.1, 0.15) is 16.1 Å². The van der Waals surface area contributed by atoms with Crippen molar-refractivity contribution < 1.29 is 9.53 Å². The van der Waals surface area contributed by atoms with E-state index in [1.54, 1.807) is 29.5 Å². The number of methoxy groups -OCH3 is 1. The molecule has 0 radical (unpaired) electrons. The van der Waals surface area contributed by atoms with Crippen molar-refractivity contribution >= 4 is 28.1 Å². The Morgan fingerprint density at radius 1 is 1.47 bits per heavy atom. The monoisotopic (exact) mass is 273 g/mol. The number of nitriles is 1. The van der Waals surface area contributed by atoms with Crippen molar-refractivity contribution in [3.63, 3.8) is 0 Å². The van der Waals surface area contributed by atoms with Crippen LogP contribution in [0, 0.1) is 11.3 Å². The largest absolute Gasteiger partial charge is 0.464 e. The molecule has 0 saturated heterocycles. The summed E-state index contributed by atoms with van der Waals surface area (Å²) >= 11 is 1.32. The van der Waals surface area contributed by atoms with Crippen molar-refractivity contribution in [2.24, 2.45) is 0 Å². The van der Waals surface area contributed by atoms with Gasteiger partial charge in [0.15, 0.2) is 10.8 Å². The lowest BCUT2D eigenvalue weighted by molar-refractivity contribution is 0.0595. The molecule has 0 bridgehead atoms. The first-order valence-corrected chi connectivity index (χ1v) is 6.32. The number of para-hydroxylation sites is 1. The number of anilines is 2. The van der Waals surface area contributed by atoms with E-state index in [0.717, 1.165) is 5.69 Å². The minimum atomic E-state index is -0.468. The Hall–Kier alpha value is -2.39. The van der Waals surface area contributed by atoms with Crippen molar-refractivity contribution in [1.82, 2.24) is 4.98 Å². The molecule has 2 rings (SSSR count). The smallest absolute Gasteiger partial charge is 0.357 e. The molecule has 0 amide bonds. The first-order chi connectivity index (χ1) is 9.17. The van der Waals surface area contributed by atoms with Crippen LogP contribution in [0.5, 0.6) is 0 Å². The first-order valence-electron chi connectivity index (χ1n) is 5.44. The van der Waals surface area contributed by atoms with E-state index in [2.05, 4.69) is 15.8 Å². The maximum atomic E-state index is 11.4. The number of carbonyl (C=O) groups excluding carboxylic acids is 1. The number of esters is 1. The molecule has 0 atom stereocenters. The summed E-state index contributed by atoms with van der Waals surface area (Å²) in [4.78, 5) is 17.3. The number of ether oxygens (including phenoxy) is 1. The number of hydrogen-bond donors (Lipinski definition) is 0. The van der Waals surface area contributed by atoms with Gasteiger partial charge in [-0.2, -0.15) is 5.26 Å². The number of hydrogen-bond acceptors (Lipinski definition) is 6. The summed E-state index contributed by atoms with van der Waals surface area (Å²) in [5.41, 5.74) is 1.57. The highest BCUT2D eigenvalue weighted by atomic mass is 32.1. The van der Waals surface area contributed by atoms with Crippen LogP contribution < -0.4 is 4.90 Å². The predicted molar refractivity (Wildman–Crippen MR) is 72.7 cm³/mol. The third-order valence-electron chi connectivity index (χ3n) is 2.56. The highest BCUT2D eigenvalue weighted by Gasteiger charge is 2.15. The number of benzene rings is 1. The lowest BCUT2D eigenvalue weighted by Crippen LogP contribution is -2.11. The Labute approximate surface area is 114 Å². The molecular weight excluding hydrogens is 262 g/mol. The SMILES string of the molecule is COC(=O)c1csc(N(C)c2ccccc2C#N)n1. The molecule has 0 aliphatic carbocycles. The summed E-state index contributed by atoms with van der Waals surface area (Å²) in [5, 5.41) is 11.3. The van der Waals surface area contributed by atoms with E-state index in [1.807, 2.05) is 12.1 Å². The second-order valence-corrected chi connectivity index (χ2v) is 4.53. The van der Waals surface area contributed by atoms with Crippen LogP contribution in [0.25, 0.3) is 0 Å². The lowest BCUT2D eigenvalue weighted by Gasteiger charge is -2.16. The van der Waals surface area contributed by atoms with Crippen molar-refractivity contribution in [2.75, 3.05) is 19.1 Å². The predicted octanol–water partition coefficient (Wildman–Crippen LogP) is 2.57. The van der Waals surface area contributed by atoms with Gasteiger partial charge in [0, 0.05) is 12.4 Å². The molecule has 2 aromatic rings. The highest BCUT2D eigenvalue weighted by molar-refractivity contribution is 7.14. The van der Waals surface area contributed by atoms with Crippen LogP contribution in [0.4, 0.5) is 10.8 Å². The van der Waals surface area contributed by atoms with Crippen molar-refractivity contribution in [3.8, 4) is 6.07 Å². The molecule has 96 valence electrons. The number of rotatable bonds is 3. The maximum Gasteiger partial charge on any atom is 0.357 e. The Bertz CT molecular complexity index is 645. The van der Waals surface area contributed by atoms with Gasteiger partial charge in [0.05, 0.1) is 18.4 Å². The lowest BCUT2D eigenvalue weighted by atomic mass is 10.2. The minimum absolute atomic E-state index is 0.267. The highest BCUT2D eigenvalue weighted by Crippen LogP contribution is 2.29. The van der Waals surface area contributed by atoms with E-state index in [4.69, 9.17) is 5.26 Å². The van der Waals surface area contributed by atoms with Gasteiger partial charge >= 0.3 is 5.97 Å². The molecule has 19 heavy (non-hydrogen) atoms. The molecule has 1 heterocycles. The van der Waals surface area contributed by atoms with Gasteiger partial charge < -0.3 is 9.64 Å². The van der Waals surface area contributed by atoms with Crippen molar-refractivity contribution in [3.05, 3.63) is 40.9 Å². The molecule has 0 aliphatic heterocycles. The summed E-state index contributed by atoms with van der Waals surface area (Å²) in [6.07, 6.45) is 0. The standard InChI is InChI=1S/C13H11N3O2S/c1-16(11-6-4-3-5-9(11)7-14)13-15-10(8-19-13)12(17)18-2/h3-6,8H,1-2H3. The van der Waals surface area contributed by atoms with E-state index >= 15 is 0 Å². The van der Waals surface area contributed by atoms with Gasteiger partial charge in [-0.05, 0) is 12.1 Å². The van der Waals surface area contributed by atoms with Crippen molar-refractivity contribution in [2.45, 2.75) is 0 Å². The van der Waals surface area contributed by atoms with Gasteiger partial charge in [0.25, 0.3) is 0 Å². The van der Waals surface area contributed by atoms with Gasteiger partial charge in [-0.25, -0.2) is 9.78 Å². The van der Waals surface area contributed by atoms with Gasteiger partial charge in [-0.15, -0.1) is 11.3 Å². The van der Waals surface area contributed by atoms with Crippen LogP contribution in [-0.4, -0.2) is 25.1 Å². The van der Waals surface area contributed by atoms with Crippen LogP contribution in [-0.2, 0) is 4.74 Å². The summed E-state index contributed by atoms with van der Waals surface area (Å²) in [7, 11) is 3.12. The maximum absolute atomic E-state index is 11.4. The van der Waals surface area contributed by atoms with Gasteiger partial charge in [-0.1, -0.05) is 12.1 Å². The van der Waals surface area contributed by atoms with Crippen molar-refractivity contribution in [1.29, 1.82) is 5.26 Å². The Balaban J connectivity index is 2.34. The van der Waals surface area contributed by atoms with Crippen LogP contribution in [0.2, 0.25) is 0 Å². The molecule has 1 aromatic carbocycles. The average Bonchev–Trinajstić information content (AvgIpc) is 2.95. The van der Waals surface area contributed by atoms with Gasteiger partial charge in [-0.3, -0.25) is 0 Å². The van der Waals surface area contributed by atoms with E-state index < -0.39 is 5.97 Å². The first kappa shape index (κ1) is 13.1. The molecule has 1 aromatic heterocycles. The summed E-state index contributed by atoms with van der Waals surface area (Å²) in [5.74, 6) is -0.468. The van der Waals surface area contributed by atoms with Gasteiger partial charge in [0.1, 0.15) is 6.07 Å². The topological polar surface area (TPSA) is 66.2 Å². The molecule has 0 saturated carbocycles. The van der Waals surface area contributed by atoms with E-state index in [-0.39, 0.29) is 5.69 Å². The zero-order chi connectivity index (χ0) is 13.8. The fourth-order valence-corrected chi connectivity index (χ4v) is 2.35. The minimum Gasteiger partial charge on any atom is -0.464 e. The molecule has 0 aliphatic rings. The quantitative estimate of drug-likeness (QED) is 0.804. The number of thiazole rings is 1. The Kier molecular flexibility index (Phi) is 3.78. The zero-order valence-corrected chi connectivity index (χ0v) is 11.3. The summed E-state index contributed by atoms with van der Waals surface area (Å²) in [6, 6.07) is 9.35. The van der Waals surface area contributed by atoms with Crippen LogP contribution >= 0.6 is 11.3 Å². The van der Waals surface area contributed by atoms with E-state index in [0.29, 0.717) is 10.7 Å². The van der Waals surface area contributed by atoms with Gasteiger partial charge in [0.2, 0.25) is 0 Å². The van der Waals surface area contributed by atoms with Crippen LogP contribution in [0.15, 0.2) is 29.6 Å². The number of nitrogens with zero attached hydrogens (tertiary/aromatic N) is 3. The fraction of sp³-hybridized carbons (Fsp3) is 0.154. The molecule has 5 nitrogen and oxygen atoms in total. The molecular formula is C13H11N3O2S. The zero-order valence-electron chi connectivity index (χ0n) is 10.5. The summed E-state index contributed by atoms with van der Waals surface area (Å²) < 4.78 is 4.61. The molecule has 0 spiro atoms. The molecule has 0 N–H and O–H groups in total. The Morgan fingerprint density at radius 3 is 2.89 bits per heavy atom. The Morgan fingerprint density at radius 2 is 2.21 bits per heavy atom. The molecule has 0 fully saturated rings.